The molecular formula is C14H15F3N2S. The van der Waals surface area contributed by atoms with Crippen LogP contribution in [0.5, 0.6) is 0 Å². The molecule has 6 heteroatoms. The van der Waals surface area contributed by atoms with Gasteiger partial charge in [0.15, 0.2) is 0 Å². The molecular weight excluding hydrogens is 285 g/mol. The predicted molar refractivity (Wildman–Crippen MR) is 73.5 cm³/mol. The number of benzene rings is 1. The van der Waals surface area contributed by atoms with Crippen molar-refractivity contribution in [2.24, 2.45) is 0 Å². The molecule has 0 aliphatic rings. The second kappa shape index (κ2) is 6.37. The number of hydrogen-bond acceptors (Lipinski definition) is 3. The maximum absolute atomic E-state index is 12.7. The number of aryl methyl sites for hydroxylation is 1. The summed E-state index contributed by atoms with van der Waals surface area (Å²) in [5.74, 6) is 0. The lowest BCUT2D eigenvalue weighted by Gasteiger charge is -2.20. The van der Waals surface area contributed by atoms with Gasteiger partial charge in [-0.15, -0.1) is 11.3 Å². The predicted octanol–water partition coefficient (Wildman–Crippen LogP) is 4.23. The Morgan fingerprint density at radius 2 is 1.95 bits per heavy atom. The van der Waals surface area contributed by atoms with Gasteiger partial charge in [-0.1, -0.05) is 30.3 Å². The zero-order valence-corrected chi connectivity index (χ0v) is 11.8. The highest BCUT2D eigenvalue weighted by molar-refractivity contribution is 7.11. The summed E-state index contributed by atoms with van der Waals surface area (Å²) in [6.07, 6.45) is -3.36. The summed E-state index contributed by atoms with van der Waals surface area (Å²) < 4.78 is 38.0. The van der Waals surface area contributed by atoms with E-state index in [2.05, 4.69) is 10.3 Å². The van der Waals surface area contributed by atoms with Crippen molar-refractivity contribution in [3.63, 3.8) is 0 Å². The molecule has 0 aliphatic carbocycles. The van der Waals surface area contributed by atoms with Crippen molar-refractivity contribution < 1.29 is 13.2 Å². The molecule has 1 unspecified atom stereocenters. The van der Waals surface area contributed by atoms with Gasteiger partial charge in [0.1, 0.15) is 5.01 Å². The van der Waals surface area contributed by atoms with E-state index in [1.807, 2.05) is 6.92 Å². The highest BCUT2D eigenvalue weighted by Crippen LogP contribution is 2.29. The largest absolute Gasteiger partial charge is 0.390 e. The van der Waals surface area contributed by atoms with Crippen molar-refractivity contribution in [2.75, 3.05) is 0 Å². The van der Waals surface area contributed by atoms with E-state index in [-0.39, 0.29) is 0 Å². The minimum Gasteiger partial charge on any atom is -0.303 e. The first-order valence-corrected chi connectivity index (χ1v) is 7.02. The van der Waals surface area contributed by atoms with Crippen LogP contribution >= 0.6 is 11.3 Å². The monoisotopic (exact) mass is 300 g/mol. The van der Waals surface area contributed by atoms with Gasteiger partial charge in [0, 0.05) is 23.7 Å². The molecule has 0 saturated carbocycles. The molecule has 0 aliphatic heterocycles. The zero-order valence-electron chi connectivity index (χ0n) is 10.9. The number of alkyl halides is 3. The van der Waals surface area contributed by atoms with E-state index in [0.29, 0.717) is 12.1 Å². The molecule has 1 aromatic heterocycles. The molecule has 1 aromatic carbocycles. The molecule has 0 bridgehead atoms. The van der Waals surface area contributed by atoms with Crippen LogP contribution in [0.2, 0.25) is 0 Å². The van der Waals surface area contributed by atoms with E-state index in [4.69, 9.17) is 0 Å². The van der Waals surface area contributed by atoms with E-state index < -0.39 is 18.6 Å². The van der Waals surface area contributed by atoms with Gasteiger partial charge in [-0.05, 0) is 12.5 Å². The Bertz CT molecular complexity index is 537. The highest BCUT2D eigenvalue weighted by atomic mass is 32.1. The Balaban J connectivity index is 2.07. The molecule has 1 N–H and O–H groups in total. The minimum atomic E-state index is -4.20. The van der Waals surface area contributed by atoms with Crippen LogP contribution in [-0.2, 0) is 6.54 Å². The molecule has 1 heterocycles. The maximum atomic E-state index is 12.7. The Kier molecular flexibility index (Phi) is 4.77. The maximum Gasteiger partial charge on any atom is 0.390 e. The lowest BCUT2D eigenvalue weighted by atomic mass is 10.0. The summed E-state index contributed by atoms with van der Waals surface area (Å²) in [7, 11) is 0. The van der Waals surface area contributed by atoms with Gasteiger partial charge in [0.2, 0.25) is 0 Å². The number of rotatable bonds is 5. The average Bonchev–Trinajstić information content (AvgIpc) is 2.80. The third-order valence-electron chi connectivity index (χ3n) is 2.81. The number of hydrogen-bond donors (Lipinski definition) is 1. The first kappa shape index (κ1) is 15.0. The van der Waals surface area contributed by atoms with Crippen molar-refractivity contribution in [3.05, 3.63) is 52.0 Å². The SMILES string of the molecule is Cc1cnc(CNC(CC(F)(F)F)c2ccccc2)s1. The Labute approximate surface area is 119 Å². The molecule has 0 fully saturated rings. The van der Waals surface area contributed by atoms with Gasteiger partial charge >= 0.3 is 6.18 Å². The van der Waals surface area contributed by atoms with Crippen LogP contribution in [-0.4, -0.2) is 11.2 Å². The van der Waals surface area contributed by atoms with Crippen molar-refractivity contribution in [3.8, 4) is 0 Å². The third kappa shape index (κ3) is 4.61. The third-order valence-corrected chi connectivity index (χ3v) is 3.72. The quantitative estimate of drug-likeness (QED) is 0.893. The van der Waals surface area contributed by atoms with E-state index in [0.717, 1.165) is 9.88 Å². The van der Waals surface area contributed by atoms with Crippen molar-refractivity contribution in [2.45, 2.75) is 32.1 Å². The molecule has 2 rings (SSSR count). The van der Waals surface area contributed by atoms with Crippen LogP contribution in [0.3, 0.4) is 0 Å². The van der Waals surface area contributed by atoms with E-state index >= 15 is 0 Å². The van der Waals surface area contributed by atoms with E-state index in [9.17, 15) is 13.2 Å². The van der Waals surface area contributed by atoms with Gasteiger partial charge in [0.25, 0.3) is 0 Å². The van der Waals surface area contributed by atoms with Gasteiger partial charge in [-0.25, -0.2) is 4.98 Å². The minimum absolute atomic E-state index is 0.341. The van der Waals surface area contributed by atoms with Crippen LogP contribution in [0.25, 0.3) is 0 Å². The smallest absolute Gasteiger partial charge is 0.303 e. The first-order chi connectivity index (χ1) is 9.44. The van der Waals surface area contributed by atoms with Gasteiger partial charge in [-0.2, -0.15) is 13.2 Å². The number of thiazole rings is 1. The molecule has 1 atom stereocenters. The van der Waals surface area contributed by atoms with Crippen LogP contribution in [0, 0.1) is 6.92 Å². The summed E-state index contributed by atoms with van der Waals surface area (Å²) in [6, 6.07) is 7.94. The van der Waals surface area contributed by atoms with E-state index in [1.165, 1.54) is 11.3 Å². The van der Waals surface area contributed by atoms with Crippen molar-refractivity contribution in [1.29, 1.82) is 0 Å². The van der Waals surface area contributed by atoms with Crippen molar-refractivity contribution in [1.82, 2.24) is 10.3 Å². The average molecular weight is 300 g/mol. The standard InChI is InChI=1S/C14H15F3N2S/c1-10-8-19-13(20-10)9-18-12(7-14(15,16)17)11-5-3-2-4-6-11/h2-6,8,12,18H,7,9H2,1H3. The summed E-state index contributed by atoms with van der Waals surface area (Å²) in [6.45, 7) is 2.26. The Morgan fingerprint density at radius 1 is 1.25 bits per heavy atom. The number of aromatic nitrogens is 1. The van der Waals surface area contributed by atoms with Crippen LogP contribution in [0.15, 0.2) is 36.5 Å². The summed E-state index contributed by atoms with van der Waals surface area (Å²) in [5.41, 5.74) is 0.637. The number of halogens is 3. The molecule has 20 heavy (non-hydrogen) atoms. The Hall–Kier alpha value is -1.40. The molecule has 0 spiro atoms. The van der Waals surface area contributed by atoms with E-state index in [1.54, 1.807) is 36.5 Å². The number of nitrogens with zero attached hydrogens (tertiary/aromatic N) is 1. The Morgan fingerprint density at radius 3 is 2.50 bits per heavy atom. The van der Waals surface area contributed by atoms with Crippen LogP contribution in [0.1, 0.15) is 27.9 Å². The zero-order chi connectivity index (χ0) is 14.6. The lowest BCUT2D eigenvalue weighted by molar-refractivity contribution is -0.140. The number of nitrogens with one attached hydrogen (secondary N) is 1. The summed E-state index contributed by atoms with van der Waals surface area (Å²) in [4.78, 5) is 5.20. The summed E-state index contributed by atoms with van der Waals surface area (Å²) in [5, 5.41) is 3.75. The summed E-state index contributed by atoms with van der Waals surface area (Å²) >= 11 is 1.49. The second-order valence-corrected chi connectivity index (χ2v) is 5.85. The fraction of sp³-hybridized carbons (Fsp3) is 0.357. The molecule has 0 saturated heterocycles. The topological polar surface area (TPSA) is 24.9 Å². The first-order valence-electron chi connectivity index (χ1n) is 6.20. The lowest BCUT2D eigenvalue weighted by Crippen LogP contribution is -2.26. The molecule has 2 aromatic rings. The van der Waals surface area contributed by atoms with Crippen LogP contribution in [0.4, 0.5) is 13.2 Å². The second-order valence-electron chi connectivity index (χ2n) is 4.53. The highest BCUT2D eigenvalue weighted by Gasteiger charge is 2.32. The normalized spacial score (nSPS) is 13.4. The molecule has 0 amide bonds. The fourth-order valence-corrected chi connectivity index (χ4v) is 2.66. The molecule has 0 radical (unpaired) electrons. The molecule has 108 valence electrons. The fourth-order valence-electron chi connectivity index (χ4n) is 1.92. The van der Waals surface area contributed by atoms with Gasteiger partial charge < -0.3 is 5.32 Å². The van der Waals surface area contributed by atoms with Crippen LogP contribution < -0.4 is 5.32 Å². The van der Waals surface area contributed by atoms with Crippen molar-refractivity contribution >= 4 is 11.3 Å². The van der Waals surface area contributed by atoms with Gasteiger partial charge in [-0.3, -0.25) is 0 Å². The molecule has 2 nitrogen and oxygen atoms in total. The van der Waals surface area contributed by atoms with Gasteiger partial charge in [0.05, 0.1) is 6.42 Å².